The van der Waals surface area contributed by atoms with E-state index in [2.05, 4.69) is 5.32 Å². The molecule has 2 aliphatic rings. The zero-order valence-corrected chi connectivity index (χ0v) is 15.2. The molecule has 24 heavy (non-hydrogen) atoms. The molecule has 5 nitrogen and oxygen atoms in total. The summed E-state index contributed by atoms with van der Waals surface area (Å²) in [4.78, 5) is 12.4. The summed E-state index contributed by atoms with van der Waals surface area (Å²) in [5, 5.41) is 3.06. The van der Waals surface area contributed by atoms with Crippen LogP contribution in [0.2, 0.25) is 0 Å². The van der Waals surface area contributed by atoms with Crippen molar-refractivity contribution in [2.75, 3.05) is 12.8 Å². The van der Waals surface area contributed by atoms with Crippen molar-refractivity contribution >= 4 is 15.9 Å². The Balaban J connectivity index is 1.61. The predicted octanol–water partition coefficient (Wildman–Crippen LogP) is 2.06. The Bertz CT molecular complexity index is 699. The summed E-state index contributed by atoms with van der Waals surface area (Å²) in [6.45, 7) is 2.10. The van der Waals surface area contributed by atoms with Crippen molar-refractivity contribution in [1.29, 1.82) is 0 Å². The maximum absolute atomic E-state index is 12.4. The molecule has 1 N–H and O–H groups in total. The van der Waals surface area contributed by atoms with Crippen molar-refractivity contribution in [1.82, 2.24) is 9.62 Å². The van der Waals surface area contributed by atoms with Crippen LogP contribution >= 0.6 is 0 Å². The van der Waals surface area contributed by atoms with E-state index in [0.29, 0.717) is 5.92 Å². The SMILES string of the molecule is Cc1ccc(CN(CC(=O)NC2CC3CCC2C3)S(C)(=O)=O)cc1. The monoisotopic (exact) mass is 350 g/mol. The third-order valence-electron chi connectivity index (χ3n) is 5.35. The van der Waals surface area contributed by atoms with Gasteiger partial charge in [0.15, 0.2) is 0 Å². The van der Waals surface area contributed by atoms with E-state index in [1.807, 2.05) is 31.2 Å². The van der Waals surface area contributed by atoms with Gasteiger partial charge in [0.2, 0.25) is 15.9 Å². The number of hydrogen-bond acceptors (Lipinski definition) is 3. The van der Waals surface area contributed by atoms with Crippen LogP contribution < -0.4 is 5.32 Å². The quantitative estimate of drug-likeness (QED) is 0.854. The van der Waals surface area contributed by atoms with Gasteiger partial charge in [0.05, 0.1) is 12.8 Å². The summed E-state index contributed by atoms with van der Waals surface area (Å²) in [6, 6.07) is 7.94. The third-order valence-corrected chi connectivity index (χ3v) is 6.55. The second-order valence-corrected chi connectivity index (χ2v) is 9.35. The fourth-order valence-corrected chi connectivity index (χ4v) is 4.76. The van der Waals surface area contributed by atoms with E-state index in [9.17, 15) is 13.2 Å². The van der Waals surface area contributed by atoms with Crippen LogP contribution in [0.15, 0.2) is 24.3 Å². The number of nitrogens with zero attached hydrogens (tertiary/aromatic N) is 1. The maximum atomic E-state index is 12.4. The van der Waals surface area contributed by atoms with E-state index in [-0.39, 0.29) is 25.0 Å². The molecule has 0 aromatic heterocycles. The molecule has 2 bridgehead atoms. The fourth-order valence-electron chi connectivity index (χ4n) is 4.02. The van der Waals surface area contributed by atoms with Gasteiger partial charge in [-0.1, -0.05) is 36.2 Å². The molecule has 0 heterocycles. The number of carbonyl (C=O) groups excluding carboxylic acids is 1. The second kappa shape index (κ2) is 6.84. The van der Waals surface area contributed by atoms with Crippen LogP contribution in [0, 0.1) is 18.8 Å². The standard InChI is InChI=1S/C18H26N2O3S/c1-13-3-5-14(6-4-13)11-20(24(2,22)23)12-18(21)19-17-10-15-7-8-16(17)9-15/h3-6,15-17H,7-12H2,1-2H3,(H,19,21). The molecule has 1 aromatic carbocycles. The highest BCUT2D eigenvalue weighted by Crippen LogP contribution is 2.44. The van der Waals surface area contributed by atoms with Gasteiger partial charge in [-0.15, -0.1) is 0 Å². The average Bonchev–Trinajstić information content (AvgIpc) is 3.10. The van der Waals surface area contributed by atoms with Crippen LogP contribution in [0.5, 0.6) is 0 Å². The van der Waals surface area contributed by atoms with Crippen molar-refractivity contribution in [3.63, 3.8) is 0 Å². The summed E-state index contributed by atoms with van der Waals surface area (Å²) in [5.41, 5.74) is 2.01. The van der Waals surface area contributed by atoms with Crippen LogP contribution in [0.1, 0.15) is 36.8 Å². The topological polar surface area (TPSA) is 66.5 Å². The van der Waals surface area contributed by atoms with Crippen LogP contribution in [0.4, 0.5) is 0 Å². The molecule has 3 atom stereocenters. The lowest BCUT2D eigenvalue weighted by molar-refractivity contribution is -0.122. The van der Waals surface area contributed by atoms with Gasteiger partial charge in [-0.25, -0.2) is 8.42 Å². The molecule has 6 heteroatoms. The van der Waals surface area contributed by atoms with Gasteiger partial charge in [0, 0.05) is 12.6 Å². The zero-order chi connectivity index (χ0) is 17.3. The highest BCUT2D eigenvalue weighted by atomic mass is 32.2. The van der Waals surface area contributed by atoms with E-state index in [1.54, 1.807) is 0 Å². The number of carbonyl (C=O) groups is 1. The lowest BCUT2D eigenvalue weighted by Gasteiger charge is -2.25. The van der Waals surface area contributed by atoms with E-state index in [0.717, 1.165) is 29.7 Å². The van der Waals surface area contributed by atoms with E-state index >= 15 is 0 Å². The number of aryl methyl sites for hydroxylation is 1. The number of rotatable bonds is 6. The average molecular weight is 350 g/mol. The molecular formula is C18H26N2O3S. The number of amides is 1. The molecule has 0 aliphatic heterocycles. The maximum Gasteiger partial charge on any atom is 0.235 e. The summed E-state index contributed by atoms with van der Waals surface area (Å²) >= 11 is 0. The molecule has 2 saturated carbocycles. The normalized spacial score (nSPS) is 26.0. The fraction of sp³-hybridized carbons (Fsp3) is 0.611. The van der Waals surface area contributed by atoms with Gasteiger partial charge in [0.1, 0.15) is 0 Å². The lowest BCUT2D eigenvalue weighted by atomic mass is 9.95. The second-order valence-electron chi connectivity index (χ2n) is 7.37. The Morgan fingerprint density at radius 1 is 1.21 bits per heavy atom. The molecule has 0 spiro atoms. The Labute approximate surface area is 144 Å². The van der Waals surface area contributed by atoms with Gasteiger partial charge >= 0.3 is 0 Å². The van der Waals surface area contributed by atoms with E-state index in [4.69, 9.17) is 0 Å². The number of benzene rings is 1. The molecule has 2 aliphatic carbocycles. The predicted molar refractivity (Wildman–Crippen MR) is 93.8 cm³/mol. The molecule has 1 amide bonds. The molecule has 1 aromatic rings. The molecule has 3 rings (SSSR count). The van der Waals surface area contributed by atoms with Gasteiger partial charge in [-0.2, -0.15) is 4.31 Å². The minimum absolute atomic E-state index is 0.111. The van der Waals surface area contributed by atoms with Crippen molar-refractivity contribution in [2.24, 2.45) is 11.8 Å². The number of sulfonamides is 1. The number of nitrogens with one attached hydrogen (secondary N) is 1. The van der Waals surface area contributed by atoms with E-state index in [1.165, 1.54) is 23.6 Å². The first-order valence-electron chi connectivity index (χ1n) is 8.61. The van der Waals surface area contributed by atoms with Crippen molar-refractivity contribution in [3.05, 3.63) is 35.4 Å². The molecule has 0 radical (unpaired) electrons. The molecule has 132 valence electrons. The Kier molecular flexibility index (Phi) is 4.97. The highest BCUT2D eigenvalue weighted by Gasteiger charge is 2.40. The Morgan fingerprint density at radius 2 is 1.92 bits per heavy atom. The molecule has 0 saturated heterocycles. The molecule has 2 fully saturated rings. The lowest BCUT2D eigenvalue weighted by Crippen LogP contribution is -2.45. The summed E-state index contributed by atoms with van der Waals surface area (Å²) in [7, 11) is -3.44. The first-order chi connectivity index (χ1) is 11.3. The first-order valence-corrected chi connectivity index (χ1v) is 10.5. The van der Waals surface area contributed by atoms with Crippen LogP contribution in [0.25, 0.3) is 0 Å². The van der Waals surface area contributed by atoms with Crippen LogP contribution in [-0.4, -0.2) is 37.5 Å². The van der Waals surface area contributed by atoms with Crippen LogP contribution in [-0.2, 0) is 21.4 Å². The Hall–Kier alpha value is -1.40. The summed E-state index contributed by atoms with van der Waals surface area (Å²) in [5.74, 6) is 1.15. The number of hydrogen-bond donors (Lipinski definition) is 1. The zero-order valence-electron chi connectivity index (χ0n) is 14.4. The highest BCUT2D eigenvalue weighted by molar-refractivity contribution is 7.88. The third kappa shape index (κ3) is 4.16. The van der Waals surface area contributed by atoms with Gasteiger partial charge in [0.25, 0.3) is 0 Å². The smallest absolute Gasteiger partial charge is 0.235 e. The van der Waals surface area contributed by atoms with Crippen molar-refractivity contribution in [2.45, 2.75) is 45.2 Å². The molecular weight excluding hydrogens is 324 g/mol. The van der Waals surface area contributed by atoms with Crippen LogP contribution in [0.3, 0.4) is 0 Å². The minimum Gasteiger partial charge on any atom is -0.352 e. The first kappa shape index (κ1) is 17.4. The Morgan fingerprint density at radius 3 is 2.46 bits per heavy atom. The number of fused-ring (bicyclic) bond motifs is 2. The van der Waals surface area contributed by atoms with Crippen molar-refractivity contribution < 1.29 is 13.2 Å². The van der Waals surface area contributed by atoms with Crippen molar-refractivity contribution in [3.8, 4) is 0 Å². The van der Waals surface area contributed by atoms with Gasteiger partial charge < -0.3 is 5.32 Å². The van der Waals surface area contributed by atoms with Gasteiger partial charge in [-0.05, 0) is 43.6 Å². The van der Waals surface area contributed by atoms with E-state index < -0.39 is 10.0 Å². The van der Waals surface area contributed by atoms with Gasteiger partial charge in [-0.3, -0.25) is 4.79 Å². The largest absolute Gasteiger partial charge is 0.352 e. The summed E-state index contributed by atoms with van der Waals surface area (Å²) < 4.78 is 25.3. The minimum atomic E-state index is -3.44. The molecule has 3 unspecified atom stereocenters. The summed E-state index contributed by atoms with van der Waals surface area (Å²) in [6.07, 6.45) is 5.89.